The molecule has 1 aliphatic heterocycles. The zero-order valence-electron chi connectivity index (χ0n) is 18.0. The molecule has 5 N–H and O–H groups in total. The predicted octanol–water partition coefficient (Wildman–Crippen LogP) is 2.31. The zero-order valence-corrected chi connectivity index (χ0v) is 18.0. The van der Waals surface area contributed by atoms with Crippen LogP contribution in [0.4, 0.5) is 4.79 Å². The van der Waals surface area contributed by atoms with E-state index in [1.807, 2.05) is 48.5 Å². The molecule has 3 atom stereocenters. The second-order valence-corrected chi connectivity index (χ2v) is 7.24. The summed E-state index contributed by atoms with van der Waals surface area (Å²) < 4.78 is 16.8. The molecule has 0 radical (unpaired) electrons. The second-order valence-electron chi connectivity index (χ2n) is 7.24. The lowest BCUT2D eigenvalue weighted by Crippen LogP contribution is -2.48. The zero-order chi connectivity index (χ0) is 23.3. The number of aliphatic hydroxyl groups is 2. The molecule has 3 rings (SSSR count). The number of benzene rings is 2. The Bertz CT molecular complexity index is 800. The van der Waals surface area contributed by atoms with Crippen LogP contribution in [0.3, 0.4) is 0 Å². The van der Waals surface area contributed by atoms with Crippen molar-refractivity contribution in [2.24, 2.45) is 0 Å². The van der Waals surface area contributed by atoms with E-state index in [4.69, 9.17) is 29.2 Å². The number of rotatable bonds is 9. The van der Waals surface area contributed by atoms with Crippen molar-refractivity contribution in [3.63, 3.8) is 0 Å². The van der Waals surface area contributed by atoms with Crippen LogP contribution in [0.5, 0.6) is 11.5 Å². The number of ether oxygens (including phenoxy) is 3. The van der Waals surface area contributed by atoms with Gasteiger partial charge in [-0.2, -0.15) is 0 Å². The minimum absolute atomic E-state index is 0.265. The lowest BCUT2D eigenvalue weighted by atomic mass is 9.86. The van der Waals surface area contributed by atoms with Gasteiger partial charge < -0.3 is 40.0 Å². The molecule has 32 heavy (non-hydrogen) atoms. The molecule has 2 aromatic carbocycles. The molecule has 0 amide bonds. The van der Waals surface area contributed by atoms with E-state index >= 15 is 0 Å². The van der Waals surface area contributed by atoms with E-state index in [-0.39, 0.29) is 5.92 Å². The molecule has 0 saturated carbocycles. The van der Waals surface area contributed by atoms with E-state index < -0.39 is 18.4 Å². The normalized spacial score (nSPS) is 20.0. The van der Waals surface area contributed by atoms with Crippen LogP contribution >= 0.6 is 0 Å². The van der Waals surface area contributed by atoms with E-state index in [1.165, 1.54) is 0 Å². The van der Waals surface area contributed by atoms with Crippen molar-refractivity contribution in [1.82, 2.24) is 5.32 Å². The van der Waals surface area contributed by atoms with Gasteiger partial charge in [0.25, 0.3) is 0 Å². The van der Waals surface area contributed by atoms with Crippen molar-refractivity contribution in [2.45, 2.75) is 31.2 Å². The van der Waals surface area contributed by atoms with E-state index in [0.29, 0.717) is 32.9 Å². The predicted molar refractivity (Wildman–Crippen MR) is 117 cm³/mol. The Morgan fingerprint density at radius 1 is 1.00 bits per heavy atom. The number of hydrogen-bond acceptors (Lipinski definition) is 7. The number of piperidine rings is 1. The third-order valence-electron chi connectivity index (χ3n) is 4.95. The number of para-hydroxylation sites is 1. The average Bonchev–Trinajstić information content (AvgIpc) is 2.77. The van der Waals surface area contributed by atoms with Gasteiger partial charge in [-0.15, -0.1) is 0 Å². The topological polar surface area (TPSA) is 138 Å². The summed E-state index contributed by atoms with van der Waals surface area (Å²) in [7, 11) is 1.66. The van der Waals surface area contributed by atoms with Crippen LogP contribution in [0.1, 0.15) is 23.5 Å². The number of β-amino-alcohol motifs (C(OH)–C–C–N with tert-alkyl or cyclic N) is 2. The Kier molecular flexibility index (Phi) is 10.8. The molecule has 9 heteroatoms. The van der Waals surface area contributed by atoms with Crippen molar-refractivity contribution in [3.8, 4) is 11.5 Å². The highest BCUT2D eigenvalue weighted by Gasteiger charge is 2.31. The Morgan fingerprint density at radius 3 is 2.25 bits per heavy atom. The van der Waals surface area contributed by atoms with E-state index in [0.717, 1.165) is 29.0 Å². The highest BCUT2D eigenvalue weighted by molar-refractivity contribution is 5.53. The van der Waals surface area contributed by atoms with E-state index in [9.17, 15) is 10.2 Å². The molecule has 9 nitrogen and oxygen atoms in total. The van der Waals surface area contributed by atoms with Crippen molar-refractivity contribution in [1.29, 1.82) is 0 Å². The summed E-state index contributed by atoms with van der Waals surface area (Å²) >= 11 is 0. The number of carboxylic acid groups (broad SMARTS) is 2. The van der Waals surface area contributed by atoms with Crippen LogP contribution in [0.25, 0.3) is 0 Å². The van der Waals surface area contributed by atoms with Gasteiger partial charge in [-0.3, -0.25) is 0 Å². The van der Waals surface area contributed by atoms with Gasteiger partial charge in [0.05, 0.1) is 39.1 Å². The lowest BCUT2D eigenvalue weighted by molar-refractivity contribution is 0.0264. The fourth-order valence-electron chi connectivity index (χ4n) is 3.48. The first-order chi connectivity index (χ1) is 15.4. The molecule has 0 aliphatic carbocycles. The molecule has 0 bridgehead atoms. The summed E-state index contributed by atoms with van der Waals surface area (Å²) in [6.07, 6.45) is -2.23. The number of methoxy groups -OCH3 is 1. The molecule has 0 aromatic heterocycles. The van der Waals surface area contributed by atoms with Crippen molar-refractivity contribution in [3.05, 3.63) is 59.7 Å². The highest BCUT2D eigenvalue weighted by Crippen LogP contribution is 2.27. The van der Waals surface area contributed by atoms with Gasteiger partial charge in [0, 0.05) is 31.0 Å². The Labute approximate surface area is 187 Å². The third kappa shape index (κ3) is 8.35. The average molecular weight is 450 g/mol. The molecule has 1 heterocycles. The van der Waals surface area contributed by atoms with Gasteiger partial charge in [0.2, 0.25) is 0 Å². The molecule has 1 fully saturated rings. The monoisotopic (exact) mass is 449 g/mol. The summed E-state index contributed by atoms with van der Waals surface area (Å²) in [6, 6.07) is 15.4. The fraction of sp³-hybridized carbons (Fsp3) is 0.435. The summed E-state index contributed by atoms with van der Waals surface area (Å²) in [5, 5.41) is 37.2. The summed E-state index contributed by atoms with van der Waals surface area (Å²) in [4.78, 5) is 8.56. The molecule has 1 saturated heterocycles. The first kappa shape index (κ1) is 25.4. The minimum atomic E-state index is -1.83. The van der Waals surface area contributed by atoms with Crippen LogP contribution < -0.4 is 14.8 Å². The SMILES string of the molecule is COc1ccccc1COCCCOc1ccc([C@@H]2[C@H](O)CNC[C@@H]2O)cc1.O=C(O)O. The van der Waals surface area contributed by atoms with Crippen molar-refractivity contribution in [2.75, 3.05) is 33.4 Å². The van der Waals surface area contributed by atoms with Gasteiger partial charge in [-0.05, 0) is 23.8 Å². The van der Waals surface area contributed by atoms with Crippen LogP contribution in [0, 0.1) is 0 Å². The number of nitrogens with one attached hydrogen (secondary N) is 1. The van der Waals surface area contributed by atoms with Crippen LogP contribution in [-0.4, -0.2) is 72.2 Å². The van der Waals surface area contributed by atoms with Gasteiger partial charge >= 0.3 is 6.16 Å². The molecular weight excluding hydrogens is 418 g/mol. The minimum Gasteiger partial charge on any atom is -0.496 e. The molecule has 176 valence electrons. The second kappa shape index (κ2) is 13.5. The summed E-state index contributed by atoms with van der Waals surface area (Å²) in [6.45, 7) is 2.66. The Morgan fingerprint density at radius 2 is 1.62 bits per heavy atom. The largest absolute Gasteiger partial charge is 0.503 e. The first-order valence-corrected chi connectivity index (χ1v) is 10.3. The standard InChI is InChI=1S/C22H29NO5.CH2O3/c1-26-21-6-3-2-5-17(21)15-27-11-4-12-28-18-9-7-16(8-10-18)22-19(24)13-23-14-20(22)25;2-1(3)4/h2-3,5-10,19-20,22-25H,4,11-15H2,1H3;(H2,2,3,4)/t19-,20+,22-;. The number of aliphatic hydroxyl groups excluding tert-OH is 2. The van der Waals surface area contributed by atoms with Gasteiger partial charge in [-0.25, -0.2) is 4.79 Å². The molecule has 0 spiro atoms. The smallest absolute Gasteiger partial charge is 0.496 e. The molecule has 0 unspecified atom stereocenters. The van der Waals surface area contributed by atoms with Gasteiger partial charge in [0.15, 0.2) is 0 Å². The number of hydrogen-bond donors (Lipinski definition) is 5. The summed E-state index contributed by atoms with van der Waals surface area (Å²) in [5.41, 5.74) is 1.96. The molecule has 1 aliphatic rings. The Hall–Kier alpha value is -2.85. The maximum atomic E-state index is 10.1. The number of carbonyl (C=O) groups is 1. The molecular formula is C23H31NO8. The highest BCUT2D eigenvalue weighted by atomic mass is 16.6. The maximum Gasteiger partial charge on any atom is 0.503 e. The van der Waals surface area contributed by atoms with Crippen molar-refractivity contribution >= 4 is 6.16 Å². The van der Waals surface area contributed by atoms with Gasteiger partial charge in [-0.1, -0.05) is 30.3 Å². The third-order valence-corrected chi connectivity index (χ3v) is 4.95. The first-order valence-electron chi connectivity index (χ1n) is 10.3. The molecule has 2 aromatic rings. The summed E-state index contributed by atoms with van der Waals surface area (Å²) in [5.74, 6) is 1.34. The van der Waals surface area contributed by atoms with E-state index in [1.54, 1.807) is 7.11 Å². The van der Waals surface area contributed by atoms with Crippen LogP contribution in [-0.2, 0) is 11.3 Å². The van der Waals surface area contributed by atoms with Crippen LogP contribution in [0.2, 0.25) is 0 Å². The van der Waals surface area contributed by atoms with Gasteiger partial charge in [0.1, 0.15) is 11.5 Å². The lowest BCUT2D eigenvalue weighted by Gasteiger charge is -2.33. The fourth-order valence-corrected chi connectivity index (χ4v) is 3.48. The quantitative estimate of drug-likeness (QED) is 0.365. The van der Waals surface area contributed by atoms with Crippen LogP contribution in [0.15, 0.2) is 48.5 Å². The van der Waals surface area contributed by atoms with Crippen molar-refractivity contribution < 1.29 is 39.4 Å². The maximum absolute atomic E-state index is 10.1. The van der Waals surface area contributed by atoms with E-state index in [2.05, 4.69) is 5.32 Å². The Balaban J connectivity index is 0.000000837.